The van der Waals surface area contributed by atoms with E-state index in [2.05, 4.69) is 15.9 Å². The molecule has 0 radical (unpaired) electrons. The molecule has 0 aliphatic heterocycles. The molecule has 0 aromatic heterocycles. The molecule has 0 aliphatic carbocycles. The van der Waals surface area contributed by atoms with E-state index in [4.69, 9.17) is 4.74 Å². The fraction of sp³-hybridized carbons (Fsp3) is 0.364. The van der Waals surface area contributed by atoms with Crippen LogP contribution >= 0.6 is 15.9 Å². The van der Waals surface area contributed by atoms with Crippen LogP contribution in [-0.2, 0) is 16.1 Å². The number of halogens is 1. The summed E-state index contributed by atoms with van der Waals surface area (Å²) < 4.78 is 6.10. The largest absolute Gasteiger partial charge is 0.461 e. The molecular formula is C11H13BrO2. The van der Waals surface area contributed by atoms with Crippen LogP contribution in [0.15, 0.2) is 28.7 Å². The second-order valence-corrected chi connectivity index (χ2v) is 4.30. The van der Waals surface area contributed by atoms with Gasteiger partial charge in [-0.25, -0.2) is 0 Å². The van der Waals surface area contributed by atoms with E-state index in [0.29, 0.717) is 6.61 Å². The van der Waals surface area contributed by atoms with E-state index in [1.54, 1.807) is 0 Å². The van der Waals surface area contributed by atoms with E-state index in [0.717, 1.165) is 10.0 Å². The Balaban J connectivity index is 2.46. The van der Waals surface area contributed by atoms with Crippen molar-refractivity contribution in [1.82, 2.24) is 0 Å². The van der Waals surface area contributed by atoms with Gasteiger partial charge < -0.3 is 4.74 Å². The Kier molecular flexibility index (Phi) is 4.14. The van der Waals surface area contributed by atoms with Crippen LogP contribution in [0.5, 0.6) is 0 Å². The third-order valence-electron chi connectivity index (χ3n) is 1.77. The fourth-order valence-electron chi connectivity index (χ4n) is 0.902. The summed E-state index contributed by atoms with van der Waals surface area (Å²) in [5.41, 5.74) is 1.00. The Morgan fingerprint density at radius 3 is 2.43 bits per heavy atom. The molecule has 0 bridgehead atoms. The predicted molar refractivity (Wildman–Crippen MR) is 58.8 cm³/mol. The van der Waals surface area contributed by atoms with Crippen molar-refractivity contribution >= 4 is 21.9 Å². The quantitative estimate of drug-likeness (QED) is 0.777. The summed E-state index contributed by atoms with van der Waals surface area (Å²) in [4.78, 5) is 11.2. The van der Waals surface area contributed by atoms with Gasteiger partial charge in [-0.2, -0.15) is 0 Å². The van der Waals surface area contributed by atoms with Gasteiger partial charge in [0.25, 0.3) is 0 Å². The zero-order chi connectivity index (χ0) is 10.6. The SMILES string of the molecule is CC(C)C(=O)OCc1ccc(Br)cc1. The van der Waals surface area contributed by atoms with E-state index >= 15 is 0 Å². The number of rotatable bonds is 3. The number of esters is 1. The molecule has 0 aliphatic rings. The Morgan fingerprint density at radius 2 is 1.93 bits per heavy atom. The summed E-state index contributed by atoms with van der Waals surface area (Å²) in [6.07, 6.45) is 0. The molecule has 1 aromatic carbocycles. The van der Waals surface area contributed by atoms with Crippen molar-refractivity contribution in [3.8, 4) is 0 Å². The molecule has 0 heterocycles. The number of benzene rings is 1. The van der Waals surface area contributed by atoms with Crippen LogP contribution in [0.1, 0.15) is 19.4 Å². The lowest BCUT2D eigenvalue weighted by Crippen LogP contribution is -2.11. The molecular weight excluding hydrogens is 244 g/mol. The van der Waals surface area contributed by atoms with Crippen LogP contribution in [0.3, 0.4) is 0 Å². The molecule has 2 nitrogen and oxygen atoms in total. The van der Waals surface area contributed by atoms with Crippen molar-refractivity contribution in [2.75, 3.05) is 0 Å². The Morgan fingerprint density at radius 1 is 1.36 bits per heavy atom. The first-order chi connectivity index (χ1) is 6.59. The van der Waals surface area contributed by atoms with Gasteiger partial charge in [-0.1, -0.05) is 41.9 Å². The Hall–Kier alpha value is -0.830. The van der Waals surface area contributed by atoms with Gasteiger partial charge in [0, 0.05) is 4.47 Å². The van der Waals surface area contributed by atoms with Crippen molar-refractivity contribution in [3.05, 3.63) is 34.3 Å². The summed E-state index contributed by atoms with van der Waals surface area (Å²) in [7, 11) is 0. The minimum atomic E-state index is -0.159. The second-order valence-electron chi connectivity index (χ2n) is 3.39. The molecule has 14 heavy (non-hydrogen) atoms. The fourth-order valence-corrected chi connectivity index (χ4v) is 1.17. The molecule has 0 N–H and O–H groups in total. The summed E-state index contributed by atoms with van der Waals surface area (Å²) >= 11 is 3.34. The summed E-state index contributed by atoms with van der Waals surface area (Å²) in [6.45, 7) is 4.00. The van der Waals surface area contributed by atoms with Crippen molar-refractivity contribution in [1.29, 1.82) is 0 Å². The first-order valence-corrected chi connectivity index (χ1v) is 5.30. The van der Waals surface area contributed by atoms with Gasteiger partial charge in [-0.15, -0.1) is 0 Å². The molecule has 1 rings (SSSR count). The van der Waals surface area contributed by atoms with Crippen LogP contribution in [0.2, 0.25) is 0 Å². The molecule has 3 heteroatoms. The van der Waals surface area contributed by atoms with Gasteiger partial charge >= 0.3 is 5.97 Å². The van der Waals surface area contributed by atoms with Crippen molar-refractivity contribution < 1.29 is 9.53 Å². The smallest absolute Gasteiger partial charge is 0.308 e. The standard InChI is InChI=1S/C11H13BrO2/c1-8(2)11(13)14-7-9-3-5-10(12)6-4-9/h3-6,8H,7H2,1-2H3. The molecule has 76 valence electrons. The molecule has 0 spiro atoms. The lowest BCUT2D eigenvalue weighted by molar-refractivity contribution is -0.148. The highest BCUT2D eigenvalue weighted by Gasteiger charge is 2.07. The first kappa shape index (κ1) is 11.2. The highest BCUT2D eigenvalue weighted by atomic mass is 79.9. The van der Waals surface area contributed by atoms with Crippen molar-refractivity contribution in [2.24, 2.45) is 5.92 Å². The topological polar surface area (TPSA) is 26.3 Å². The lowest BCUT2D eigenvalue weighted by Gasteiger charge is -2.06. The average Bonchev–Trinajstić information content (AvgIpc) is 2.16. The first-order valence-electron chi connectivity index (χ1n) is 4.50. The zero-order valence-corrected chi connectivity index (χ0v) is 9.87. The van der Waals surface area contributed by atoms with Gasteiger partial charge in [0.05, 0.1) is 5.92 Å². The van der Waals surface area contributed by atoms with E-state index < -0.39 is 0 Å². The molecule has 0 fully saturated rings. The van der Waals surface area contributed by atoms with Gasteiger partial charge in [0.15, 0.2) is 0 Å². The molecule has 0 unspecified atom stereocenters. The minimum Gasteiger partial charge on any atom is -0.461 e. The van der Waals surface area contributed by atoms with Gasteiger partial charge in [0.1, 0.15) is 6.61 Å². The number of hydrogen-bond donors (Lipinski definition) is 0. The Bertz CT molecular complexity index is 304. The van der Waals surface area contributed by atoms with E-state index in [9.17, 15) is 4.79 Å². The lowest BCUT2D eigenvalue weighted by atomic mass is 10.2. The highest BCUT2D eigenvalue weighted by molar-refractivity contribution is 9.10. The van der Waals surface area contributed by atoms with Crippen LogP contribution in [0.4, 0.5) is 0 Å². The number of hydrogen-bond acceptors (Lipinski definition) is 2. The van der Waals surface area contributed by atoms with Crippen LogP contribution in [0.25, 0.3) is 0 Å². The van der Waals surface area contributed by atoms with Crippen molar-refractivity contribution in [3.63, 3.8) is 0 Å². The van der Waals surface area contributed by atoms with Crippen LogP contribution in [-0.4, -0.2) is 5.97 Å². The normalized spacial score (nSPS) is 10.3. The molecule has 0 saturated carbocycles. The van der Waals surface area contributed by atoms with Crippen LogP contribution < -0.4 is 0 Å². The monoisotopic (exact) mass is 256 g/mol. The molecule has 0 saturated heterocycles. The third-order valence-corrected chi connectivity index (χ3v) is 2.29. The highest BCUT2D eigenvalue weighted by Crippen LogP contribution is 2.11. The number of ether oxygens (including phenoxy) is 1. The second kappa shape index (κ2) is 5.15. The van der Waals surface area contributed by atoms with Gasteiger partial charge in [-0.3, -0.25) is 4.79 Å². The predicted octanol–water partition coefficient (Wildman–Crippen LogP) is 3.15. The molecule has 0 atom stereocenters. The third kappa shape index (κ3) is 3.50. The summed E-state index contributed by atoms with van der Waals surface area (Å²) in [6, 6.07) is 7.71. The van der Waals surface area contributed by atoms with Gasteiger partial charge in [0.2, 0.25) is 0 Å². The number of carbonyl (C=O) groups is 1. The zero-order valence-electron chi connectivity index (χ0n) is 8.29. The minimum absolute atomic E-state index is 0.0644. The summed E-state index contributed by atoms with van der Waals surface area (Å²) in [5, 5.41) is 0. The van der Waals surface area contributed by atoms with Gasteiger partial charge in [-0.05, 0) is 17.7 Å². The maximum absolute atomic E-state index is 11.2. The number of carbonyl (C=O) groups excluding carboxylic acids is 1. The molecule has 1 aromatic rings. The van der Waals surface area contributed by atoms with E-state index in [-0.39, 0.29) is 11.9 Å². The maximum atomic E-state index is 11.2. The van der Waals surface area contributed by atoms with Crippen molar-refractivity contribution in [2.45, 2.75) is 20.5 Å². The average molecular weight is 257 g/mol. The summed E-state index contributed by atoms with van der Waals surface area (Å²) in [5.74, 6) is -0.224. The van der Waals surface area contributed by atoms with E-state index in [1.807, 2.05) is 38.1 Å². The van der Waals surface area contributed by atoms with Crippen LogP contribution in [0, 0.1) is 5.92 Å². The maximum Gasteiger partial charge on any atom is 0.308 e. The van der Waals surface area contributed by atoms with E-state index in [1.165, 1.54) is 0 Å². The Labute approximate surface area is 92.4 Å². The molecule has 0 amide bonds.